The lowest BCUT2D eigenvalue weighted by molar-refractivity contribution is -0.176. The van der Waals surface area contributed by atoms with Crippen LogP contribution in [0.3, 0.4) is 0 Å². The Bertz CT molecular complexity index is 643. The molecule has 1 aromatic heterocycles. The highest BCUT2D eigenvalue weighted by molar-refractivity contribution is 6.30. The Kier molecular flexibility index (Phi) is 6.15. The first kappa shape index (κ1) is 18.4. The van der Waals surface area contributed by atoms with Crippen molar-refractivity contribution in [3.05, 3.63) is 53.6 Å². The molecule has 3 rings (SSSR count). The third-order valence-corrected chi connectivity index (χ3v) is 5.49. The third-order valence-electron chi connectivity index (χ3n) is 5.24. The lowest BCUT2D eigenvalue weighted by Gasteiger charge is -2.35. The van der Waals surface area contributed by atoms with Gasteiger partial charge in [0.15, 0.2) is 0 Å². The highest BCUT2D eigenvalue weighted by Crippen LogP contribution is 2.42. The van der Waals surface area contributed by atoms with Crippen molar-refractivity contribution in [2.24, 2.45) is 0 Å². The van der Waals surface area contributed by atoms with Gasteiger partial charge in [-0.1, -0.05) is 56.3 Å². The van der Waals surface area contributed by atoms with E-state index in [9.17, 15) is 0 Å². The molecular formula is C20H28ClN3O. The average Bonchev–Trinajstić information content (AvgIpc) is 3.21. The van der Waals surface area contributed by atoms with Crippen LogP contribution in [0.15, 0.2) is 43.0 Å². The Hall–Kier alpha value is -1.36. The number of hydrogen-bond acceptors (Lipinski definition) is 3. The van der Waals surface area contributed by atoms with Gasteiger partial charge in [0.05, 0.1) is 18.0 Å². The normalized spacial score (nSPS) is 24.0. The van der Waals surface area contributed by atoms with Gasteiger partial charge in [-0.3, -0.25) is 4.84 Å². The number of halogens is 1. The zero-order valence-electron chi connectivity index (χ0n) is 15.2. The van der Waals surface area contributed by atoms with Crippen molar-refractivity contribution >= 4 is 11.6 Å². The molecule has 1 aliphatic rings. The lowest BCUT2D eigenvalue weighted by Crippen LogP contribution is -2.41. The minimum Gasteiger partial charge on any atom is -0.335 e. The van der Waals surface area contributed by atoms with Crippen molar-refractivity contribution in [3.63, 3.8) is 0 Å². The Balaban J connectivity index is 1.80. The number of rotatable bonds is 8. The molecule has 0 aliphatic carbocycles. The molecule has 0 radical (unpaired) electrons. The maximum Gasteiger partial charge on any atom is 0.0946 e. The highest BCUT2D eigenvalue weighted by atomic mass is 35.5. The molecule has 2 heterocycles. The standard InChI is InChI=1S/C20H28ClN3O/c1-3-4-5-6-7-19-14-20(23(2)25-19,15-24-13-12-22-16-24)17-8-10-18(21)11-9-17/h8-13,16,19H,3-7,14-15H2,1-2H3. The predicted octanol–water partition coefficient (Wildman–Crippen LogP) is 5.04. The number of benzene rings is 1. The summed E-state index contributed by atoms with van der Waals surface area (Å²) in [5, 5.41) is 2.82. The van der Waals surface area contributed by atoms with Crippen LogP contribution < -0.4 is 0 Å². The molecule has 2 unspecified atom stereocenters. The summed E-state index contributed by atoms with van der Waals surface area (Å²) >= 11 is 6.11. The Morgan fingerprint density at radius 3 is 2.72 bits per heavy atom. The molecular weight excluding hydrogens is 334 g/mol. The summed E-state index contributed by atoms with van der Waals surface area (Å²) in [5.41, 5.74) is 1.05. The van der Waals surface area contributed by atoms with E-state index in [0.29, 0.717) is 0 Å². The summed E-state index contributed by atoms with van der Waals surface area (Å²) in [5.74, 6) is 0. The molecule has 0 spiro atoms. The number of aromatic nitrogens is 2. The number of hydrogen-bond donors (Lipinski definition) is 0. The average molecular weight is 362 g/mol. The molecule has 0 saturated carbocycles. The van der Waals surface area contributed by atoms with Crippen LogP contribution in [0, 0.1) is 0 Å². The molecule has 136 valence electrons. The Morgan fingerprint density at radius 1 is 1.24 bits per heavy atom. The lowest BCUT2D eigenvalue weighted by atomic mass is 9.84. The van der Waals surface area contributed by atoms with Crippen LogP contribution in [0.4, 0.5) is 0 Å². The molecule has 1 aromatic carbocycles. The maximum absolute atomic E-state index is 6.26. The van der Waals surface area contributed by atoms with Crippen molar-refractivity contribution in [2.45, 2.75) is 63.6 Å². The van der Waals surface area contributed by atoms with E-state index in [1.807, 2.05) is 30.9 Å². The molecule has 0 N–H and O–H groups in total. The van der Waals surface area contributed by atoms with Crippen LogP contribution in [0.5, 0.6) is 0 Å². The fraction of sp³-hybridized carbons (Fsp3) is 0.550. The quantitative estimate of drug-likeness (QED) is 0.617. The second kappa shape index (κ2) is 8.35. The van der Waals surface area contributed by atoms with Crippen LogP contribution in [0.2, 0.25) is 5.02 Å². The minimum absolute atomic E-state index is 0.194. The molecule has 2 aromatic rings. The van der Waals surface area contributed by atoms with Crippen LogP contribution in [-0.2, 0) is 16.9 Å². The number of unbranched alkanes of at least 4 members (excludes halogenated alkanes) is 3. The van der Waals surface area contributed by atoms with Crippen molar-refractivity contribution in [1.29, 1.82) is 0 Å². The number of likely N-dealkylation sites (N-methyl/N-ethyl adjacent to an activating group) is 1. The van der Waals surface area contributed by atoms with E-state index in [4.69, 9.17) is 16.4 Å². The first-order valence-corrected chi connectivity index (χ1v) is 9.64. The van der Waals surface area contributed by atoms with E-state index in [0.717, 1.165) is 24.4 Å². The molecule has 5 heteroatoms. The largest absolute Gasteiger partial charge is 0.335 e. The zero-order valence-corrected chi connectivity index (χ0v) is 16.0. The maximum atomic E-state index is 6.26. The van der Waals surface area contributed by atoms with E-state index in [1.54, 1.807) is 0 Å². The fourth-order valence-corrected chi connectivity index (χ4v) is 3.94. The molecule has 25 heavy (non-hydrogen) atoms. The van der Waals surface area contributed by atoms with E-state index in [2.05, 4.69) is 40.7 Å². The van der Waals surface area contributed by atoms with Gasteiger partial charge in [-0.05, 0) is 24.1 Å². The summed E-state index contributed by atoms with van der Waals surface area (Å²) in [6, 6.07) is 8.18. The van der Waals surface area contributed by atoms with E-state index in [-0.39, 0.29) is 11.6 Å². The van der Waals surface area contributed by atoms with Crippen LogP contribution in [-0.4, -0.2) is 27.8 Å². The summed E-state index contributed by atoms with van der Waals surface area (Å²) in [6.07, 6.45) is 13.2. The number of nitrogens with zero attached hydrogens (tertiary/aromatic N) is 3. The van der Waals surface area contributed by atoms with E-state index in [1.165, 1.54) is 31.2 Å². The Labute approximate surface area is 155 Å². The number of hydroxylamine groups is 2. The van der Waals surface area contributed by atoms with Gasteiger partial charge in [-0.15, -0.1) is 0 Å². The van der Waals surface area contributed by atoms with Gasteiger partial charge in [-0.2, -0.15) is 5.06 Å². The van der Waals surface area contributed by atoms with Gasteiger partial charge in [0.1, 0.15) is 0 Å². The molecule has 0 amide bonds. The van der Waals surface area contributed by atoms with Gasteiger partial charge in [0, 0.05) is 37.4 Å². The molecule has 1 fully saturated rings. The number of imidazole rings is 1. The van der Waals surface area contributed by atoms with Gasteiger partial charge in [-0.25, -0.2) is 4.98 Å². The van der Waals surface area contributed by atoms with Crippen molar-refractivity contribution < 1.29 is 4.84 Å². The van der Waals surface area contributed by atoms with Gasteiger partial charge < -0.3 is 4.57 Å². The topological polar surface area (TPSA) is 30.3 Å². The van der Waals surface area contributed by atoms with Crippen LogP contribution in [0.25, 0.3) is 0 Å². The second-order valence-corrected chi connectivity index (χ2v) is 7.49. The summed E-state index contributed by atoms with van der Waals surface area (Å²) in [7, 11) is 2.05. The van der Waals surface area contributed by atoms with Crippen molar-refractivity contribution in [3.8, 4) is 0 Å². The third kappa shape index (κ3) is 4.25. The monoisotopic (exact) mass is 361 g/mol. The minimum atomic E-state index is -0.194. The van der Waals surface area contributed by atoms with Gasteiger partial charge >= 0.3 is 0 Å². The van der Waals surface area contributed by atoms with Crippen molar-refractivity contribution in [2.75, 3.05) is 7.05 Å². The SMILES string of the molecule is CCCCCCC1CC(Cn2ccnc2)(c2ccc(Cl)cc2)N(C)O1. The first-order valence-electron chi connectivity index (χ1n) is 9.26. The first-order chi connectivity index (χ1) is 12.1. The molecule has 1 saturated heterocycles. The van der Waals surface area contributed by atoms with Crippen molar-refractivity contribution in [1.82, 2.24) is 14.6 Å². The smallest absolute Gasteiger partial charge is 0.0946 e. The van der Waals surface area contributed by atoms with Crippen LogP contribution >= 0.6 is 11.6 Å². The molecule has 1 aliphatic heterocycles. The van der Waals surface area contributed by atoms with Gasteiger partial charge in [0.25, 0.3) is 0 Å². The summed E-state index contributed by atoms with van der Waals surface area (Å²) in [4.78, 5) is 10.5. The Morgan fingerprint density at radius 2 is 2.04 bits per heavy atom. The predicted molar refractivity (Wildman–Crippen MR) is 101 cm³/mol. The fourth-order valence-electron chi connectivity index (χ4n) is 3.82. The van der Waals surface area contributed by atoms with E-state index < -0.39 is 0 Å². The second-order valence-electron chi connectivity index (χ2n) is 7.05. The molecule has 0 bridgehead atoms. The summed E-state index contributed by atoms with van der Waals surface area (Å²) in [6.45, 7) is 3.06. The van der Waals surface area contributed by atoms with Crippen LogP contribution in [0.1, 0.15) is 51.0 Å². The zero-order chi connectivity index (χ0) is 17.7. The van der Waals surface area contributed by atoms with Gasteiger partial charge in [0.2, 0.25) is 0 Å². The van der Waals surface area contributed by atoms with E-state index >= 15 is 0 Å². The molecule has 4 nitrogen and oxygen atoms in total. The molecule has 2 atom stereocenters. The summed E-state index contributed by atoms with van der Waals surface area (Å²) < 4.78 is 2.13. The highest BCUT2D eigenvalue weighted by Gasteiger charge is 2.46.